The van der Waals surface area contributed by atoms with Crippen molar-refractivity contribution in [1.29, 1.82) is 0 Å². The van der Waals surface area contributed by atoms with Crippen molar-refractivity contribution in [3.8, 4) is 0 Å². The molecule has 2 aromatic rings. The third kappa shape index (κ3) is 1.68. The van der Waals surface area contributed by atoms with Gasteiger partial charge in [0.1, 0.15) is 5.92 Å². The lowest BCUT2D eigenvalue weighted by molar-refractivity contribution is 0.0890. The minimum absolute atomic E-state index is 0.185. The van der Waals surface area contributed by atoms with Gasteiger partial charge < -0.3 is 0 Å². The van der Waals surface area contributed by atoms with Gasteiger partial charge in [0, 0.05) is 11.1 Å². The molecule has 0 unspecified atom stereocenters. The highest BCUT2D eigenvalue weighted by molar-refractivity contribution is 6.29. The van der Waals surface area contributed by atoms with Crippen molar-refractivity contribution in [3.63, 3.8) is 0 Å². The quantitative estimate of drug-likeness (QED) is 0.736. The van der Waals surface area contributed by atoms with E-state index in [-0.39, 0.29) is 17.1 Å². The van der Waals surface area contributed by atoms with Gasteiger partial charge in [0.15, 0.2) is 23.2 Å². The van der Waals surface area contributed by atoms with Gasteiger partial charge in [0.2, 0.25) is 0 Å². The van der Waals surface area contributed by atoms with E-state index in [2.05, 4.69) is 0 Å². The van der Waals surface area contributed by atoms with Crippen LogP contribution in [0.15, 0.2) is 42.5 Å². The number of carbonyl (C=O) groups is 2. The predicted octanol–water partition coefficient (Wildman–Crippen LogP) is 3.13. The van der Waals surface area contributed by atoms with Gasteiger partial charge in [-0.2, -0.15) is 0 Å². The number of ketones is 2. The maximum Gasteiger partial charge on any atom is 0.178 e. The fourth-order valence-electron chi connectivity index (χ4n) is 2.34. The Labute approximate surface area is 107 Å². The van der Waals surface area contributed by atoms with Gasteiger partial charge in [-0.25, -0.2) is 8.78 Å². The molecule has 0 fully saturated rings. The van der Waals surface area contributed by atoms with Crippen LogP contribution in [0, 0.1) is 11.6 Å². The van der Waals surface area contributed by atoms with Crippen LogP contribution in [0.25, 0.3) is 0 Å². The molecule has 4 heteroatoms. The molecule has 0 amide bonds. The van der Waals surface area contributed by atoms with E-state index in [1.807, 2.05) is 0 Å². The van der Waals surface area contributed by atoms with Gasteiger partial charge in [-0.1, -0.05) is 30.3 Å². The second-order valence-corrected chi connectivity index (χ2v) is 4.38. The molecule has 1 aliphatic carbocycles. The van der Waals surface area contributed by atoms with Crippen molar-refractivity contribution in [2.45, 2.75) is 5.92 Å². The maximum absolute atomic E-state index is 13.2. The monoisotopic (exact) mass is 258 g/mol. The molecular formula is C15H8F2O2. The molecule has 3 rings (SSSR count). The van der Waals surface area contributed by atoms with E-state index in [9.17, 15) is 18.4 Å². The number of fused-ring (bicyclic) bond motifs is 1. The third-order valence-corrected chi connectivity index (χ3v) is 3.26. The summed E-state index contributed by atoms with van der Waals surface area (Å²) >= 11 is 0. The highest BCUT2D eigenvalue weighted by Crippen LogP contribution is 2.34. The molecule has 19 heavy (non-hydrogen) atoms. The Bertz CT molecular complexity index is 672. The van der Waals surface area contributed by atoms with E-state index in [1.54, 1.807) is 24.3 Å². The van der Waals surface area contributed by atoms with E-state index in [0.29, 0.717) is 11.1 Å². The molecule has 0 spiro atoms. The van der Waals surface area contributed by atoms with Crippen molar-refractivity contribution in [2.75, 3.05) is 0 Å². The fraction of sp³-hybridized carbons (Fsp3) is 0.0667. The number of hydrogen-bond acceptors (Lipinski definition) is 2. The molecule has 0 radical (unpaired) electrons. The lowest BCUT2D eigenvalue weighted by Crippen LogP contribution is -2.13. The SMILES string of the molecule is O=C1c2ccccc2C(=O)C1c1ccc(F)c(F)c1. The van der Waals surface area contributed by atoms with Gasteiger partial charge in [-0.15, -0.1) is 0 Å². The summed E-state index contributed by atoms with van der Waals surface area (Å²) in [6.45, 7) is 0. The summed E-state index contributed by atoms with van der Waals surface area (Å²) in [5.41, 5.74) is 0.856. The average molecular weight is 258 g/mol. The Hall–Kier alpha value is -2.36. The topological polar surface area (TPSA) is 34.1 Å². The van der Waals surface area contributed by atoms with Crippen LogP contribution in [-0.4, -0.2) is 11.6 Å². The average Bonchev–Trinajstić information content (AvgIpc) is 2.66. The predicted molar refractivity (Wildman–Crippen MR) is 64.2 cm³/mol. The minimum atomic E-state index is -1.06. The van der Waals surface area contributed by atoms with Gasteiger partial charge in [0.05, 0.1) is 0 Å². The number of halogens is 2. The smallest absolute Gasteiger partial charge is 0.178 e. The molecule has 0 saturated carbocycles. The second kappa shape index (κ2) is 4.09. The van der Waals surface area contributed by atoms with Crippen LogP contribution in [0.5, 0.6) is 0 Å². The summed E-state index contributed by atoms with van der Waals surface area (Å²) in [4.78, 5) is 24.3. The lowest BCUT2D eigenvalue weighted by Gasteiger charge is -2.07. The first-order chi connectivity index (χ1) is 9.09. The molecule has 94 valence electrons. The van der Waals surface area contributed by atoms with E-state index in [0.717, 1.165) is 12.1 Å². The number of hydrogen-bond donors (Lipinski definition) is 0. The molecule has 0 bridgehead atoms. The Morgan fingerprint density at radius 1 is 0.789 bits per heavy atom. The number of benzene rings is 2. The van der Waals surface area contributed by atoms with Crippen LogP contribution >= 0.6 is 0 Å². The third-order valence-electron chi connectivity index (χ3n) is 3.26. The highest BCUT2D eigenvalue weighted by atomic mass is 19.2. The molecule has 1 aliphatic rings. The number of carbonyl (C=O) groups excluding carboxylic acids is 2. The molecule has 2 nitrogen and oxygen atoms in total. The van der Waals surface area contributed by atoms with E-state index >= 15 is 0 Å². The standard InChI is InChI=1S/C15H8F2O2/c16-11-6-5-8(7-12(11)17)13-14(18)9-3-1-2-4-10(9)15(13)19/h1-7,13H. The summed E-state index contributed by atoms with van der Waals surface area (Å²) < 4.78 is 26.1. The fourth-order valence-corrected chi connectivity index (χ4v) is 2.34. The first kappa shape index (κ1) is 11.7. The highest BCUT2D eigenvalue weighted by Gasteiger charge is 2.39. The van der Waals surface area contributed by atoms with E-state index in [4.69, 9.17) is 0 Å². The number of rotatable bonds is 1. The van der Waals surface area contributed by atoms with E-state index in [1.165, 1.54) is 6.07 Å². The lowest BCUT2D eigenvalue weighted by atomic mass is 9.94. The van der Waals surface area contributed by atoms with Crippen molar-refractivity contribution >= 4 is 11.6 Å². The zero-order valence-electron chi connectivity index (χ0n) is 9.69. The summed E-state index contributed by atoms with van der Waals surface area (Å²) in [5.74, 6) is -3.86. The van der Waals surface area contributed by atoms with Crippen LogP contribution in [0.2, 0.25) is 0 Å². The summed E-state index contributed by atoms with van der Waals surface area (Å²) in [6, 6.07) is 9.56. The van der Waals surface area contributed by atoms with Gasteiger partial charge in [-0.05, 0) is 17.7 Å². The van der Waals surface area contributed by atoms with Crippen molar-refractivity contribution < 1.29 is 18.4 Å². The second-order valence-electron chi connectivity index (χ2n) is 4.38. The van der Waals surface area contributed by atoms with Crippen LogP contribution in [0.4, 0.5) is 8.78 Å². The normalized spacial score (nSPS) is 14.8. The van der Waals surface area contributed by atoms with Crippen molar-refractivity contribution in [3.05, 3.63) is 70.8 Å². The summed E-state index contributed by atoms with van der Waals surface area (Å²) in [7, 11) is 0. The van der Waals surface area contributed by atoms with Gasteiger partial charge >= 0.3 is 0 Å². The maximum atomic E-state index is 13.2. The molecule has 0 atom stereocenters. The van der Waals surface area contributed by atoms with Crippen LogP contribution in [0.3, 0.4) is 0 Å². The molecule has 0 N–H and O–H groups in total. The van der Waals surface area contributed by atoms with E-state index < -0.39 is 17.6 Å². The Morgan fingerprint density at radius 3 is 1.89 bits per heavy atom. The zero-order valence-corrected chi connectivity index (χ0v) is 9.69. The summed E-state index contributed by atoms with van der Waals surface area (Å²) in [5, 5.41) is 0. The largest absolute Gasteiger partial charge is 0.293 e. The minimum Gasteiger partial charge on any atom is -0.293 e. The Kier molecular flexibility index (Phi) is 2.52. The summed E-state index contributed by atoms with van der Waals surface area (Å²) in [6.07, 6.45) is 0. The first-order valence-electron chi connectivity index (χ1n) is 5.72. The molecule has 0 saturated heterocycles. The molecular weight excluding hydrogens is 250 g/mol. The van der Waals surface area contributed by atoms with Crippen LogP contribution < -0.4 is 0 Å². The first-order valence-corrected chi connectivity index (χ1v) is 5.72. The Balaban J connectivity index is 2.11. The Morgan fingerprint density at radius 2 is 1.37 bits per heavy atom. The molecule has 0 aliphatic heterocycles. The van der Waals surface area contributed by atoms with Gasteiger partial charge in [-0.3, -0.25) is 9.59 Å². The van der Waals surface area contributed by atoms with Crippen molar-refractivity contribution in [2.24, 2.45) is 0 Å². The molecule has 2 aromatic carbocycles. The van der Waals surface area contributed by atoms with Crippen molar-refractivity contribution in [1.82, 2.24) is 0 Å². The van der Waals surface area contributed by atoms with Gasteiger partial charge in [0.25, 0.3) is 0 Å². The van der Waals surface area contributed by atoms with Crippen LogP contribution in [-0.2, 0) is 0 Å². The molecule has 0 heterocycles. The molecule has 0 aromatic heterocycles. The van der Waals surface area contributed by atoms with Crippen LogP contribution in [0.1, 0.15) is 32.2 Å². The number of Topliss-reactive ketones (excluding diaryl/α,β-unsaturated/α-hetero) is 2. The zero-order chi connectivity index (χ0) is 13.6.